The monoisotopic (exact) mass is 347 g/mol. The smallest absolute Gasteiger partial charge is 0.404 e. The second-order valence-corrected chi connectivity index (χ2v) is 7.10. The number of rotatable bonds is 3. The minimum Gasteiger partial charge on any atom is -0.446 e. The van der Waals surface area contributed by atoms with Gasteiger partial charge in [0.15, 0.2) is 0 Å². The molecule has 1 aliphatic carbocycles. The minimum atomic E-state index is -1.48. The topological polar surface area (TPSA) is 68.5 Å². The summed E-state index contributed by atoms with van der Waals surface area (Å²) in [4.78, 5) is 17.5. The molecule has 0 radical (unpaired) electrons. The third-order valence-corrected chi connectivity index (χ3v) is 5.27. The van der Waals surface area contributed by atoms with Crippen LogP contribution in [0.3, 0.4) is 0 Å². The lowest BCUT2D eigenvalue weighted by Crippen LogP contribution is -2.32. The molecule has 132 valence electrons. The van der Waals surface area contributed by atoms with E-state index in [2.05, 4.69) is 14.6 Å². The molecule has 1 amide bonds. The summed E-state index contributed by atoms with van der Waals surface area (Å²) in [6, 6.07) is 8.25. The lowest BCUT2D eigenvalue weighted by Gasteiger charge is -2.23. The van der Waals surface area contributed by atoms with Crippen LogP contribution >= 0.6 is 0 Å². The highest BCUT2D eigenvalue weighted by Crippen LogP contribution is 2.47. The molecule has 2 N–H and O–H groups in total. The summed E-state index contributed by atoms with van der Waals surface area (Å²) >= 11 is 0. The number of hydrogen-bond acceptors (Lipinski definition) is 4. The molecule has 0 bridgehead atoms. The molecule has 5 nitrogen and oxygen atoms in total. The number of carbonyl (C=O) groups is 1. The van der Waals surface area contributed by atoms with Crippen molar-refractivity contribution in [1.82, 2.24) is 4.98 Å². The van der Waals surface area contributed by atoms with E-state index in [9.17, 15) is 13.6 Å². The Morgan fingerprint density at radius 2 is 2.00 bits per heavy atom. The summed E-state index contributed by atoms with van der Waals surface area (Å²) in [5.41, 5.74) is 4.19. The van der Waals surface area contributed by atoms with Gasteiger partial charge >= 0.3 is 6.09 Å². The van der Waals surface area contributed by atoms with Gasteiger partial charge in [-0.05, 0) is 55.0 Å². The van der Waals surface area contributed by atoms with Crippen LogP contribution in [0, 0.1) is 17.7 Å². The van der Waals surface area contributed by atoms with E-state index in [0.29, 0.717) is 25.9 Å². The predicted octanol–water partition coefficient (Wildman–Crippen LogP) is 3.02. The summed E-state index contributed by atoms with van der Waals surface area (Å²) < 4.78 is 32.7. The molecule has 1 saturated carbocycles. The maximum atomic E-state index is 14.8. The molecular formula is C18H19F2N3O2. The molecule has 1 aliphatic heterocycles. The Morgan fingerprint density at radius 3 is 2.68 bits per heavy atom. The van der Waals surface area contributed by atoms with Gasteiger partial charge in [-0.2, -0.15) is 0 Å². The van der Waals surface area contributed by atoms with Crippen LogP contribution in [0.15, 0.2) is 30.3 Å². The Bertz CT molecular complexity index is 815. The van der Waals surface area contributed by atoms with Gasteiger partial charge in [-0.15, -0.1) is 0 Å². The molecule has 2 unspecified atom stereocenters. The lowest BCUT2D eigenvalue weighted by molar-refractivity contribution is 0.0520. The number of carbonyl (C=O) groups excluding carboxylic acids is 1. The largest absolute Gasteiger partial charge is 0.446 e. The van der Waals surface area contributed by atoms with Gasteiger partial charge in [0, 0.05) is 18.5 Å². The predicted molar refractivity (Wildman–Crippen MR) is 89.5 cm³/mol. The molecule has 2 heterocycles. The van der Waals surface area contributed by atoms with Gasteiger partial charge in [-0.3, -0.25) is 0 Å². The second-order valence-electron chi connectivity index (χ2n) is 7.10. The number of nitrogens with zero attached hydrogens (tertiary/aromatic N) is 2. The summed E-state index contributed by atoms with van der Waals surface area (Å²) in [6.07, 6.45) is -0.215. The van der Waals surface area contributed by atoms with E-state index in [1.54, 1.807) is 6.07 Å². The van der Waals surface area contributed by atoms with E-state index >= 15 is 0 Å². The number of ether oxygens (including phenoxy) is 1. The molecule has 1 aromatic carbocycles. The number of hydrogen-bond donors (Lipinski definition) is 1. The third-order valence-electron chi connectivity index (χ3n) is 5.27. The summed E-state index contributed by atoms with van der Waals surface area (Å²) in [7, 11) is 0. The van der Waals surface area contributed by atoms with Crippen molar-refractivity contribution in [2.45, 2.75) is 18.5 Å². The van der Waals surface area contributed by atoms with E-state index in [1.807, 2.05) is 12.1 Å². The number of anilines is 1. The Labute approximate surface area is 143 Å². The fourth-order valence-corrected chi connectivity index (χ4v) is 4.19. The van der Waals surface area contributed by atoms with Crippen LogP contribution in [-0.4, -0.2) is 36.4 Å². The van der Waals surface area contributed by atoms with E-state index in [-0.39, 0.29) is 24.3 Å². The van der Waals surface area contributed by atoms with E-state index in [0.717, 1.165) is 16.7 Å². The number of fused-ring (bicyclic) bond motifs is 2. The molecule has 25 heavy (non-hydrogen) atoms. The summed E-state index contributed by atoms with van der Waals surface area (Å²) in [5.74, 6) is 0.945. The number of pyridine rings is 1. The number of nitrogens with two attached hydrogens (primary N) is 1. The maximum Gasteiger partial charge on any atom is 0.404 e. The Hall–Kier alpha value is -2.44. The van der Waals surface area contributed by atoms with Crippen LogP contribution in [0.5, 0.6) is 0 Å². The highest BCUT2D eigenvalue weighted by molar-refractivity contribution is 5.80. The Balaban J connectivity index is 1.46. The van der Waals surface area contributed by atoms with Crippen molar-refractivity contribution in [2.75, 3.05) is 24.6 Å². The van der Waals surface area contributed by atoms with Crippen molar-refractivity contribution in [3.05, 3.63) is 36.1 Å². The number of halogens is 2. The first kappa shape index (κ1) is 16.1. The fraction of sp³-hybridized carbons (Fsp3) is 0.444. The van der Waals surface area contributed by atoms with Crippen LogP contribution in [0.1, 0.15) is 12.8 Å². The summed E-state index contributed by atoms with van der Waals surface area (Å²) in [5, 5.41) is 0.759. The van der Waals surface area contributed by atoms with Gasteiger partial charge in [-0.25, -0.2) is 18.6 Å². The second kappa shape index (κ2) is 5.82. The maximum absolute atomic E-state index is 14.8. The number of aromatic nitrogens is 1. The molecule has 4 rings (SSSR count). The highest BCUT2D eigenvalue weighted by atomic mass is 19.1. The standard InChI is InChI=1S/C18H19F2N3O2/c19-14-2-3-15-11(5-14)1-4-16(22-15)23-8-12-6-18(20,7-13(12)9-23)10-25-17(21)24/h1-5,12-13H,6-10H2,(H2,21,24)/t12-,13?,18?/m1/s1. The summed E-state index contributed by atoms with van der Waals surface area (Å²) in [6.45, 7) is 1.16. The zero-order valence-electron chi connectivity index (χ0n) is 13.6. The minimum absolute atomic E-state index is 0.201. The highest BCUT2D eigenvalue weighted by Gasteiger charge is 2.50. The van der Waals surface area contributed by atoms with Crippen LogP contribution < -0.4 is 10.6 Å². The molecule has 2 aliphatic rings. The molecular weight excluding hydrogens is 328 g/mol. The van der Waals surface area contributed by atoms with Crippen molar-refractivity contribution in [3.8, 4) is 0 Å². The first-order valence-electron chi connectivity index (χ1n) is 8.34. The molecule has 2 aromatic rings. The number of alkyl halides is 1. The average molecular weight is 347 g/mol. The lowest BCUT2D eigenvalue weighted by atomic mass is 10.0. The van der Waals surface area contributed by atoms with Crippen molar-refractivity contribution in [1.29, 1.82) is 0 Å². The van der Waals surface area contributed by atoms with Crippen molar-refractivity contribution in [3.63, 3.8) is 0 Å². The van der Waals surface area contributed by atoms with Gasteiger partial charge < -0.3 is 15.4 Å². The molecule has 1 aromatic heterocycles. The average Bonchev–Trinajstić information content (AvgIpc) is 3.08. The third kappa shape index (κ3) is 3.10. The Morgan fingerprint density at radius 1 is 1.28 bits per heavy atom. The van der Waals surface area contributed by atoms with E-state index in [4.69, 9.17) is 5.73 Å². The molecule has 3 atom stereocenters. The first-order valence-corrected chi connectivity index (χ1v) is 8.34. The number of primary amides is 1. The Kier molecular flexibility index (Phi) is 3.74. The van der Waals surface area contributed by atoms with E-state index < -0.39 is 11.8 Å². The van der Waals surface area contributed by atoms with Crippen LogP contribution in [0.4, 0.5) is 19.4 Å². The van der Waals surface area contributed by atoms with Gasteiger partial charge in [0.05, 0.1) is 5.52 Å². The van der Waals surface area contributed by atoms with Crippen LogP contribution in [0.25, 0.3) is 10.9 Å². The van der Waals surface area contributed by atoms with Crippen molar-refractivity contribution < 1.29 is 18.3 Å². The fourth-order valence-electron chi connectivity index (χ4n) is 4.19. The number of benzene rings is 1. The van der Waals surface area contributed by atoms with Gasteiger partial charge in [0.25, 0.3) is 0 Å². The van der Waals surface area contributed by atoms with Crippen LogP contribution in [0.2, 0.25) is 0 Å². The van der Waals surface area contributed by atoms with Crippen molar-refractivity contribution >= 4 is 22.8 Å². The molecule has 0 spiro atoms. The SMILES string of the molecule is NC(=O)OCC1(F)CC2CN(c3ccc4cc(F)ccc4n3)C[C@H]2C1. The quantitative estimate of drug-likeness (QED) is 0.927. The molecule has 2 fully saturated rings. The van der Waals surface area contributed by atoms with Crippen LogP contribution in [-0.2, 0) is 4.74 Å². The van der Waals surface area contributed by atoms with E-state index in [1.165, 1.54) is 12.1 Å². The molecule has 7 heteroatoms. The normalized spacial score (nSPS) is 28.3. The number of amides is 1. The zero-order valence-corrected chi connectivity index (χ0v) is 13.6. The van der Waals surface area contributed by atoms with Crippen molar-refractivity contribution in [2.24, 2.45) is 17.6 Å². The van der Waals surface area contributed by atoms with Gasteiger partial charge in [0.1, 0.15) is 23.9 Å². The first-order chi connectivity index (χ1) is 11.9. The zero-order chi connectivity index (χ0) is 17.6. The van der Waals surface area contributed by atoms with Gasteiger partial charge in [0.2, 0.25) is 0 Å². The van der Waals surface area contributed by atoms with Gasteiger partial charge in [-0.1, -0.05) is 0 Å². The molecule has 1 saturated heterocycles.